The zero-order chi connectivity index (χ0) is 18.6. The van der Waals surface area contributed by atoms with E-state index in [4.69, 9.17) is 0 Å². The van der Waals surface area contributed by atoms with E-state index in [0.717, 1.165) is 21.2 Å². The molecular weight excluding hydrogens is 382 g/mol. The Balaban J connectivity index is 2.56. The molecule has 5 heteroatoms. The molecule has 0 aliphatic rings. The molecule has 4 nitrogen and oxygen atoms in total. The first-order chi connectivity index (χ1) is 11.8. The molecule has 0 aromatic heterocycles. The molecule has 0 atom stereocenters. The molecule has 0 amide bonds. The van der Waals surface area contributed by atoms with Crippen molar-refractivity contribution in [3.63, 3.8) is 0 Å². The average molecular weight is 404 g/mol. The number of benzene rings is 2. The second kappa shape index (κ2) is 8.30. The Kier molecular flexibility index (Phi) is 6.37. The highest BCUT2D eigenvalue weighted by Crippen LogP contribution is 2.33. The van der Waals surface area contributed by atoms with Crippen LogP contribution >= 0.6 is 15.9 Å². The maximum absolute atomic E-state index is 10.4. The van der Waals surface area contributed by atoms with Crippen LogP contribution in [-0.4, -0.2) is 11.7 Å². The van der Waals surface area contributed by atoms with Crippen molar-refractivity contribution in [2.24, 2.45) is 0 Å². The highest BCUT2D eigenvalue weighted by atomic mass is 79.9. The Morgan fingerprint density at radius 3 is 1.68 bits per heavy atom. The summed E-state index contributed by atoms with van der Waals surface area (Å²) < 4.78 is 0.893. The van der Waals surface area contributed by atoms with E-state index in [1.807, 2.05) is 0 Å². The number of nitrogens with zero attached hydrogens (tertiary/aromatic N) is 1. The molecule has 0 spiro atoms. The monoisotopic (exact) mass is 403 g/mol. The first-order valence-corrected chi connectivity index (χ1v) is 8.89. The first-order valence-electron chi connectivity index (χ1n) is 8.09. The molecule has 0 saturated carbocycles. The number of rotatable bonds is 6. The lowest BCUT2D eigenvalue weighted by atomic mass is 9.92. The molecule has 0 aliphatic heterocycles. The van der Waals surface area contributed by atoms with Gasteiger partial charge in [-0.15, -0.1) is 10.1 Å². The Hall–Kier alpha value is -2.14. The average Bonchev–Trinajstić information content (AvgIpc) is 2.44. The Bertz CT molecular complexity index is 734. The maximum atomic E-state index is 10.4. The van der Waals surface area contributed by atoms with Crippen LogP contribution in [0.15, 0.2) is 40.9 Å². The zero-order valence-corrected chi connectivity index (χ0v) is 16.5. The van der Waals surface area contributed by atoms with Crippen molar-refractivity contribution in [3.05, 3.63) is 84.4 Å². The Morgan fingerprint density at radius 2 is 1.32 bits per heavy atom. The number of aryl methyl sites for hydroxylation is 4. The smallest absolute Gasteiger partial charge is 0.294 e. The largest absolute Gasteiger partial charge is 0.314 e. The molecule has 2 aromatic rings. The van der Waals surface area contributed by atoms with Gasteiger partial charge in [-0.2, -0.15) is 0 Å². The minimum atomic E-state index is -0.756. The standard InChI is InChI=1S/C20H22BrNO3/c1-13-7-14(2)10-17(9-13)20(19(21)5-6-25-22(23)24)18-11-15(3)8-16(4)12-18/h7-12H,5-6H2,1-4H3. The molecule has 0 N–H and O–H groups in total. The zero-order valence-electron chi connectivity index (χ0n) is 14.9. The minimum absolute atomic E-state index is 0.0205. The van der Waals surface area contributed by atoms with Gasteiger partial charge in [0, 0.05) is 10.9 Å². The third-order valence-corrected chi connectivity index (χ3v) is 4.60. The molecule has 0 aliphatic carbocycles. The fourth-order valence-corrected chi connectivity index (χ4v) is 3.67. The van der Waals surface area contributed by atoms with Crippen LogP contribution in [0.3, 0.4) is 0 Å². The van der Waals surface area contributed by atoms with Crippen LogP contribution in [0, 0.1) is 37.8 Å². The van der Waals surface area contributed by atoms with Crippen molar-refractivity contribution in [1.29, 1.82) is 0 Å². The van der Waals surface area contributed by atoms with Crippen molar-refractivity contribution in [2.45, 2.75) is 34.1 Å². The van der Waals surface area contributed by atoms with Crippen molar-refractivity contribution in [1.82, 2.24) is 0 Å². The summed E-state index contributed by atoms with van der Waals surface area (Å²) in [5.41, 5.74) is 7.95. The fraction of sp³-hybridized carbons (Fsp3) is 0.300. The van der Waals surface area contributed by atoms with E-state index < -0.39 is 5.09 Å². The quantitative estimate of drug-likeness (QED) is 0.460. The third kappa shape index (κ3) is 5.43. The number of halogens is 1. The molecule has 0 unspecified atom stereocenters. The van der Waals surface area contributed by atoms with Crippen LogP contribution in [0.5, 0.6) is 0 Å². The van der Waals surface area contributed by atoms with E-state index in [1.54, 1.807) is 0 Å². The van der Waals surface area contributed by atoms with Crippen LogP contribution in [0.2, 0.25) is 0 Å². The minimum Gasteiger partial charge on any atom is -0.314 e. The van der Waals surface area contributed by atoms with Gasteiger partial charge >= 0.3 is 0 Å². The molecule has 0 radical (unpaired) electrons. The summed E-state index contributed by atoms with van der Waals surface area (Å²) in [5.74, 6) is 0. The van der Waals surface area contributed by atoms with Crippen LogP contribution in [0.1, 0.15) is 39.8 Å². The van der Waals surface area contributed by atoms with Crippen molar-refractivity contribution < 1.29 is 9.92 Å². The van der Waals surface area contributed by atoms with E-state index in [-0.39, 0.29) is 6.61 Å². The third-order valence-electron chi connectivity index (χ3n) is 3.81. The SMILES string of the molecule is Cc1cc(C)cc(C(=C(Br)CCO[N+](=O)[O-])c2cc(C)cc(C)c2)c1. The van der Waals surface area contributed by atoms with Gasteiger partial charge in [0.25, 0.3) is 5.09 Å². The Morgan fingerprint density at radius 1 is 0.920 bits per heavy atom. The van der Waals surface area contributed by atoms with Gasteiger partial charge in [0.2, 0.25) is 0 Å². The normalized spacial score (nSPS) is 10.4. The van der Waals surface area contributed by atoms with E-state index >= 15 is 0 Å². The van der Waals surface area contributed by atoms with Crippen LogP contribution in [0.4, 0.5) is 0 Å². The van der Waals surface area contributed by atoms with Crippen LogP contribution < -0.4 is 0 Å². The van der Waals surface area contributed by atoms with E-state index in [1.165, 1.54) is 22.3 Å². The summed E-state index contributed by atoms with van der Waals surface area (Å²) >= 11 is 3.64. The fourth-order valence-electron chi connectivity index (χ4n) is 3.05. The van der Waals surface area contributed by atoms with Gasteiger partial charge in [-0.25, -0.2) is 0 Å². The topological polar surface area (TPSA) is 52.4 Å². The van der Waals surface area contributed by atoms with Gasteiger partial charge in [-0.1, -0.05) is 74.6 Å². The van der Waals surface area contributed by atoms with Crippen molar-refractivity contribution in [3.8, 4) is 0 Å². The second-order valence-electron chi connectivity index (χ2n) is 6.34. The predicted molar refractivity (Wildman–Crippen MR) is 104 cm³/mol. The van der Waals surface area contributed by atoms with Crippen LogP contribution in [-0.2, 0) is 4.84 Å². The lowest BCUT2D eigenvalue weighted by Gasteiger charge is -2.15. The van der Waals surface area contributed by atoms with Gasteiger partial charge in [-0.05, 0) is 44.4 Å². The molecule has 2 aromatic carbocycles. The molecule has 0 fully saturated rings. The molecule has 25 heavy (non-hydrogen) atoms. The van der Waals surface area contributed by atoms with E-state index in [0.29, 0.717) is 6.42 Å². The molecule has 0 saturated heterocycles. The van der Waals surface area contributed by atoms with Gasteiger partial charge in [0.1, 0.15) is 6.61 Å². The highest BCUT2D eigenvalue weighted by Gasteiger charge is 2.13. The predicted octanol–water partition coefficient (Wildman–Crippen LogP) is 5.67. The van der Waals surface area contributed by atoms with Gasteiger partial charge in [0.15, 0.2) is 0 Å². The van der Waals surface area contributed by atoms with Gasteiger partial charge in [0.05, 0.1) is 0 Å². The van der Waals surface area contributed by atoms with E-state index in [2.05, 4.69) is 84.9 Å². The molecule has 132 valence electrons. The molecule has 0 heterocycles. The van der Waals surface area contributed by atoms with Crippen LogP contribution in [0.25, 0.3) is 5.57 Å². The lowest BCUT2D eigenvalue weighted by Crippen LogP contribution is -2.03. The summed E-state index contributed by atoms with van der Waals surface area (Å²) in [6.07, 6.45) is 0.427. The molecule has 0 bridgehead atoms. The number of hydrogen-bond donors (Lipinski definition) is 0. The summed E-state index contributed by atoms with van der Waals surface area (Å²) in [6.45, 7) is 8.30. The summed E-state index contributed by atoms with van der Waals surface area (Å²) in [4.78, 5) is 14.9. The van der Waals surface area contributed by atoms with Gasteiger partial charge < -0.3 is 4.84 Å². The molecule has 2 rings (SSSR count). The lowest BCUT2D eigenvalue weighted by molar-refractivity contribution is -0.757. The van der Waals surface area contributed by atoms with Crippen molar-refractivity contribution in [2.75, 3.05) is 6.61 Å². The highest BCUT2D eigenvalue weighted by molar-refractivity contribution is 9.11. The first kappa shape index (κ1) is 19.2. The summed E-state index contributed by atoms with van der Waals surface area (Å²) in [7, 11) is 0. The summed E-state index contributed by atoms with van der Waals surface area (Å²) in [6, 6.07) is 12.8. The second-order valence-corrected chi connectivity index (χ2v) is 7.30. The maximum Gasteiger partial charge on any atom is 0.294 e. The molecular formula is C20H22BrNO3. The van der Waals surface area contributed by atoms with Gasteiger partial charge in [-0.3, -0.25) is 0 Å². The summed E-state index contributed by atoms with van der Waals surface area (Å²) in [5, 5.41) is 9.66. The van der Waals surface area contributed by atoms with E-state index in [9.17, 15) is 10.1 Å². The number of hydrogen-bond acceptors (Lipinski definition) is 3. The Labute approximate surface area is 156 Å². The van der Waals surface area contributed by atoms with Crippen molar-refractivity contribution >= 4 is 21.5 Å².